The zero-order valence-corrected chi connectivity index (χ0v) is 11.0. The minimum atomic E-state index is 0.163. The lowest BCUT2D eigenvalue weighted by atomic mass is 10.1. The molecule has 0 aliphatic rings. The van der Waals surface area contributed by atoms with Crippen LogP contribution < -0.4 is 10.1 Å². The van der Waals surface area contributed by atoms with Gasteiger partial charge in [-0.3, -0.25) is 0 Å². The van der Waals surface area contributed by atoms with E-state index in [1.165, 1.54) is 0 Å². The minimum absolute atomic E-state index is 0.163. The second-order valence-electron chi connectivity index (χ2n) is 3.71. The number of hydrogen-bond acceptors (Lipinski definition) is 5. The van der Waals surface area contributed by atoms with Gasteiger partial charge in [-0.25, -0.2) is 9.67 Å². The summed E-state index contributed by atoms with van der Waals surface area (Å²) in [6.45, 7) is 0. The lowest BCUT2D eigenvalue weighted by molar-refractivity contribution is 0.373. The molecular weight excluding hydrogens is 236 g/mol. The molecule has 0 spiro atoms. The number of nitrogens with one attached hydrogen (secondary N) is 1. The van der Waals surface area contributed by atoms with Crippen LogP contribution in [0, 0.1) is 0 Å². The summed E-state index contributed by atoms with van der Waals surface area (Å²) in [5, 5.41) is 10.8. The van der Waals surface area contributed by atoms with Gasteiger partial charge in [-0.1, -0.05) is 0 Å². The largest absolute Gasteiger partial charge is 0.481 e. The Bertz CT molecular complexity index is 466. The molecule has 1 atom stereocenters. The number of nitrogens with zero attached hydrogens (tertiary/aromatic N) is 3. The fourth-order valence-electron chi connectivity index (χ4n) is 1.72. The van der Waals surface area contributed by atoms with Crippen molar-refractivity contribution in [3.05, 3.63) is 28.3 Å². The maximum Gasteiger partial charge on any atom is 0.211 e. The second kappa shape index (κ2) is 5.29. The van der Waals surface area contributed by atoms with Crippen LogP contribution in [0.25, 0.3) is 0 Å². The van der Waals surface area contributed by atoms with E-state index in [4.69, 9.17) is 4.74 Å². The van der Waals surface area contributed by atoms with Crippen LogP contribution in [0.1, 0.15) is 16.7 Å². The quantitative estimate of drug-likeness (QED) is 0.873. The van der Waals surface area contributed by atoms with Crippen molar-refractivity contribution >= 4 is 11.3 Å². The minimum Gasteiger partial charge on any atom is -0.481 e. The summed E-state index contributed by atoms with van der Waals surface area (Å²) in [6, 6.07) is 2.12. The third-order valence-corrected chi connectivity index (χ3v) is 3.43. The molecule has 0 fully saturated rings. The number of aryl methyl sites for hydroxylation is 1. The number of thiazole rings is 1. The van der Waals surface area contributed by atoms with Crippen molar-refractivity contribution in [1.82, 2.24) is 20.1 Å². The predicted molar refractivity (Wildman–Crippen MR) is 67.4 cm³/mol. The van der Waals surface area contributed by atoms with Crippen molar-refractivity contribution in [2.75, 3.05) is 14.2 Å². The monoisotopic (exact) mass is 252 g/mol. The van der Waals surface area contributed by atoms with E-state index < -0.39 is 0 Å². The van der Waals surface area contributed by atoms with E-state index in [1.54, 1.807) is 23.1 Å². The van der Waals surface area contributed by atoms with Crippen LogP contribution in [0.15, 0.2) is 17.6 Å². The van der Waals surface area contributed by atoms with E-state index >= 15 is 0 Å². The van der Waals surface area contributed by atoms with Crippen molar-refractivity contribution in [3.8, 4) is 5.88 Å². The molecule has 0 radical (unpaired) electrons. The molecule has 92 valence electrons. The predicted octanol–water partition coefficient (Wildman–Crippen LogP) is 1.39. The van der Waals surface area contributed by atoms with Crippen LogP contribution in [0.3, 0.4) is 0 Å². The van der Waals surface area contributed by atoms with Crippen LogP contribution in [-0.2, 0) is 13.5 Å². The smallest absolute Gasteiger partial charge is 0.211 e. The first-order valence-electron chi connectivity index (χ1n) is 5.38. The summed E-state index contributed by atoms with van der Waals surface area (Å²) in [5.74, 6) is 0.763. The van der Waals surface area contributed by atoms with E-state index in [9.17, 15) is 0 Å². The molecule has 17 heavy (non-hydrogen) atoms. The number of hydrogen-bond donors (Lipinski definition) is 1. The zero-order valence-electron chi connectivity index (χ0n) is 10.2. The lowest BCUT2D eigenvalue weighted by Gasteiger charge is -2.11. The van der Waals surface area contributed by atoms with E-state index in [2.05, 4.69) is 15.4 Å². The summed E-state index contributed by atoms with van der Waals surface area (Å²) >= 11 is 1.66. The van der Waals surface area contributed by atoms with Gasteiger partial charge in [-0.05, 0) is 7.05 Å². The van der Waals surface area contributed by atoms with E-state index in [-0.39, 0.29) is 6.04 Å². The van der Waals surface area contributed by atoms with Crippen molar-refractivity contribution in [2.45, 2.75) is 12.5 Å². The fourth-order valence-corrected chi connectivity index (χ4v) is 2.38. The fraction of sp³-hybridized carbons (Fsp3) is 0.455. The van der Waals surface area contributed by atoms with E-state index in [0.717, 1.165) is 23.0 Å². The van der Waals surface area contributed by atoms with Crippen molar-refractivity contribution in [2.24, 2.45) is 7.05 Å². The number of rotatable bonds is 5. The number of methoxy groups -OCH3 is 1. The van der Waals surface area contributed by atoms with Crippen molar-refractivity contribution < 1.29 is 4.74 Å². The van der Waals surface area contributed by atoms with Gasteiger partial charge in [0, 0.05) is 31.1 Å². The second-order valence-corrected chi connectivity index (χ2v) is 4.69. The molecule has 0 aliphatic carbocycles. The maximum absolute atomic E-state index is 5.22. The van der Waals surface area contributed by atoms with Gasteiger partial charge >= 0.3 is 0 Å². The van der Waals surface area contributed by atoms with Gasteiger partial charge in [0.15, 0.2) is 0 Å². The molecular formula is C11H16N4OS. The van der Waals surface area contributed by atoms with Crippen LogP contribution in [-0.4, -0.2) is 28.9 Å². The summed E-state index contributed by atoms with van der Waals surface area (Å²) in [4.78, 5) is 4.29. The molecule has 0 saturated heterocycles. The molecule has 0 amide bonds. The lowest BCUT2D eigenvalue weighted by Crippen LogP contribution is -2.19. The van der Waals surface area contributed by atoms with Crippen molar-refractivity contribution in [3.63, 3.8) is 0 Å². The molecule has 0 aliphatic heterocycles. The SMILES string of the molecule is CNC(Cc1nccs1)c1cc(OC)n(C)n1. The van der Waals surface area contributed by atoms with Gasteiger partial charge in [0.2, 0.25) is 5.88 Å². The number of ether oxygens (including phenoxy) is 1. The molecule has 5 nitrogen and oxygen atoms in total. The molecule has 0 bridgehead atoms. The molecule has 2 rings (SSSR count). The highest BCUT2D eigenvalue weighted by molar-refractivity contribution is 7.09. The Morgan fingerprint density at radius 1 is 1.59 bits per heavy atom. The Labute approximate surface area is 104 Å². The van der Waals surface area contributed by atoms with Gasteiger partial charge in [0.1, 0.15) is 0 Å². The third kappa shape index (κ3) is 2.65. The van der Waals surface area contributed by atoms with Crippen molar-refractivity contribution in [1.29, 1.82) is 0 Å². The maximum atomic E-state index is 5.22. The Hall–Kier alpha value is -1.40. The Morgan fingerprint density at radius 3 is 2.94 bits per heavy atom. The summed E-state index contributed by atoms with van der Waals surface area (Å²) in [5.41, 5.74) is 0.974. The molecule has 6 heteroatoms. The van der Waals surface area contributed by atoms with Crippen LogP contribution in [0.4, 0.5) is 0 Å². The number of likely N-dealkylation sites (N-methyl/N-ethyl adjacent to an activating group) is 1. The average molecular weight is 252 g/mol. The van der Waals surface area contributed by atoms with Crippen LogP contribution >= 0.6 is 11.3 Å². The Balaban J connectivity index is 2.17. The average Bonchev–Trinajstić information content (AvgIpc) is 2.95. The van der Waals surface area contributed by atoms with Crippen LogP contribution in [0.2, 0.25) is 0 Å². The Kier molecular flexibility index (Phi) is 3.75. The molecule has 2 heterocycles. The molecule has 0 aromatic carbocycles. The molecule has 0 saturated carbocycles. The summed E-state index contributed by atoms with van der Waals surface area (Å²) in [6.07, 6.45) is 2.67. The highest BCUT2D eigenvalue weighted by Gasteiger charge is 2.16. The van der Waals surface area contributed by atoms with Gasteiger partial charge in [-0.15, -0.1) is 11.3 Å². The third-order valence-electron chi connectivity index (χ3n) is 2.63. The topological polar surface area (TPSA) is 52.0 Å². The molecule has 2 aromatic rings. The summed E-state index contributed by atoms with van der Waals surface area (Å²) < 4.78 is 6.95. The normalized spacial score (nSPS) is 12.6. The van der Waals surface area contributed by atoms with Gasteiger partial charge in [0.25, 0.3) is 0 Å². The van der Waals surface area contributed by atoms with Gasteiger partial charge in [0.05, 0.1) is 23.9 Å². The molecule has 1 unspecified atom stereocenters. The van der Waals surface area contributed by atoms with Crippen LogP contribution in [0.5, 0.6) is 5.88 Å². The number of aromatic nitrogens is 3. The zero-order chi connectivity index (χ0) is 12.3. The first-order valence-corrected chi connectivity index (χ1v) is 6.26. The first kappa shape index (κ1) is 12.1. The van der Waals surface area contributed by atoms with Gasteiger partial charge in [-0.2, -0.15) is 5.10 Å². The standard InChI is InChI=1S/C11H16N4OS/c1-12-8(6-10-13-4-5-17-10)9-7-11(16-3)15(2)14-9/h4-5,7-8,12H,6H2,1-3H3. The summed E-state index contributed by atoms with van der Waals surface area (Å²) in [7, 11) is 5.45. The molecule has 2 aromatic heterocycles. The first-order chi connectivity index (χ1) is 8.24. The Morgan fingerprint density at radius 2 is 2.41 bits per heavy atom. The highest BCUT2D eigenvalue weighted by Crippen LogP contribution is 2.21. The van der Waals surface area contributed by atoms with E-state index in [0.29, 0.717) is 0 Å². The van der Waals surface area contributed by atoms with Gasteiger partial charge < -0.3 is 10.1 Å². The highest BCUT2D eigenvalue weighted by atomic mass is 32.1. The molecule has 1 N–H and O–H groups in total. The van der Waals surface area contributed by atoms with E-state index in [1.807, 2.05) is 31.7 Å².